The largest absolute Gasteiger partial charge is 0.497 e. The Labute approximate surface area is 134 Å². The van der Waals surface area contributed by atoms with Gasteiger partial charge in [0.2, 0.25) is 5.75 Å². The number of methoxy groups -OCH3 is 3. The van der Waals surface area contributed by atoms with Crippen molar-refractivity contribution in [2.45, 2.75) is 6.61 Å². The highest BCUT2D eigenvalue weighted by atomic mass is 16.5. The summed E-state index contributed by atoms with van der Waals surface area (Å²) in [6.45, 7) is 0.260. The third-order valence-electron chi connectivity index (χ3n) is 3.22. The van der Waals surface area contributed by atoms with Gasteiger partial charge >= 0.3 is 5.97 Å². The van der Waals surface area contributed by atoms with Crippen LogP contribution in [0.3, 0.4) is 0 Å². The molecule has 23 heavy (non-hydrogen) atoms. The van der Waals surface area contributed by atoms with E-state index in [0.29, 0.717) is 17.2 Å². The number of rotatable bonds is 7. The Hall–Kier alpha value is -2.89. The van der Waals surface area contributed by atoms with E-state index in [-0.39, 0.29) is 12.2 Å². The van der Waals surface area contributed by atoms with E-state index in [1.807, 2.05) is 24.3 Å². The number of carbonyl (C=O) groups is 1. The highest BCUT2D eigenvalue weighted by molar-refractivity contribution is 5.89. The van der Waals surface area contributed by atoms with Gasteiger partial charge in [0.05, 0.1) is 26.9 Å². The Morgan fingerprint density at radius 1 is 1.00 bits per heavy atom. The summed E-state index contributed by atoms with van der Waals surface area (Å²) < 4.78 is 21.4. The van der Waals surface area contributed by atoms with Crippen molar-refractivity contribution in [3.8, 4) is 23.0 Å². The molecule has 0 aromatic heterocycles. The molecule has 0 unspecified atom stereocenters. The number of hydrogen-bond donors (Lipinski definition) is 1. The smallest absolute Gasteiger partial charge is 0.335 e. The molecule has 0 saturated carbocycles. The zero-order valence-corrected chi connectivity index (χ0v) is 13.2. The Balaban J connectivity index is 2.29. The van der Waals surface area contributed by atoms with Crippen LogP contribution in [-0.2, 0) is 6.61 Å². The van der Waals surface area contributed by atoms with E-state index in [2.05, 4.69) is 0 Å². The molecule has 2 aromatic carbocycles. The fourth-order valence-electron chi connectivity index (χ4n) is 2.06. The summed E-state index contributed by atoms with van der Waals surface area (Å²) in [4.78, 5) is 11.1. The van der Waals surface area contributed by atoms with Gasteiger partial charge in [-0.05, 0) is 29.8 Å². The van der Waals surface area contributed by atoms with Crippen LogP contribution in [0.1, 0.15) is 15.9 Å². The number of benzene rings is 2. The summed E-state index contributed by atoms with van der Waals surface area (Å²) in [6.07, 6.45) is 0. The number of carboxylic acids is 1. The lowest BCUT2D eigenvalue weighted by molar-refractivity contribution is 0.0696. The molecule has 0 atom stereocenters. The van der Waals surface area contributed by atoms with Crippen LogP contribution >= 0.6 is 0 Å². The molecular formula is C17H18O6. The van der Waals surface area contributed by atoms with Crippen molar-refractivity contribution in [3.63, 3.8) is 0 Å². The first kappa shape index (κ1) is 16.5. The second-order valence-electron chi connectivity index (χ2n) is 4.66. The quantitative estimate of drug-likeness (QED) is 0.846. The molecule has 122 valence electrons. The molecule has 2 aromatic rings. The molecule has 0 aliphatic carbocycles. The summed E-state index contributed by atoms with van der Waals surface area (Å²) in [5, 5.41) is 9.12. The monoisotopic (exact) mass is 318 g/mol. The van der Waals surface area contributed by atoms with Gasteiger partial charge in [-0.1, -0.05) is 12.1 Å². The van der Waals surface area contributed by atoms with Crippen LogP contribution in [0.25, 0.3) is 0 Å². The van der Waals surface area contributed by atoms with Crippen LogP contribution in [0.5, 0.6) is 23.0 Å². The van der Waals surface area contributed by atoms with Crippen LogP contribution in [0.2, 0.25) is 0 Å². The molecular weight excluding hydrogens is 300 g/mol. The van der Waals surface area contributed by atoms with Crippen LogP contribution in [0.4, 0.5) is 0 Å². The molecule has 0 spiro atoms. The fraction of sp³-hybridized carbons (Fsp3) is 0.235. The van der Waals surface area contributed by atoms with Gasteiger partial charge in [0.15, 0.2) is 11.5 Å². The van der Waals surface area contributed by atoms with E-state index in [0.717, 1.165) is 11.3 Å². The van der Waals surface area contributed by atoms with E-state index in [9.17, 15) is 4.79 Å². The van der Waals surface area contributed by atoms with Crippen molar-refractivity contribution in [1.82, 2.24) is 0 Å². The number of carboxylic acid groups (broad SMARTS) is 1. The minimum Gasteiger partial charge on any atom is -0.497 e. The van der Waals surface area contributed by atoms with Gasteiger partial charge < -0.3 is 24.1 Å². The van der Waals surface area contributed by atoms with Gasteiger partial charge in [-0.2, -0.15) is 0 Å². The van der Waals surface area contributed by atoms with Gasteiger partial charge in [-0.15, -0.1) is 0 Å². The molecule has 0 aliphatic heterocycles. The van der Waals surface area contributed by atoms with Gasteiger partial charge in [-0.25, -0.2) is 4.79 Å². The zero-order chi connectivity index (χ0) is 16.8. The predicted molar refractivity (Wildman–Crippen MR) is 83.8 cm³/mol. The van der Waals surface area contributed by atoms with Crippen LogP contribution < -0.4 is 18.9 Å². The number of hydrogen-bond acceptors (Lipinski definition) is 5. The summed E-state index contributed by atoms with van der Waals surface area (Å²) in [5.41, 5.74) is 0.961. The maximum atomic E-state index is 11.1. The molecule has 6 nitrogen and oxygen atoms in total. The van der Waals surface area contributed by atoms with E-state index < -0.39 is 5.97 Å². The van der Waals surface area contributed by atoms with Gasteiger partial charge in [0.1, 0.15) is 12.4 Å². The maximum absolute atomic E-state index is 11.1. The molecule has 0 saturated heterocycles. The average molecular weight is 318 g/mol. The fourth-order valence-corrected chi connectivity index (χ4v) is 2.06. The SMILES string of the molecule is COc1cccc(COc2c(OC)cc(C(=O)O)cc2OC)c1. The Kier molecular flexibility index (Phi) is 5.30. The first-order valence-corrected chi connectivity index (χ1v) is 6.84. The zero-order valence-electron chi connectivity index (χ0n) is 13.2. The molecule has 1 N–H and O–H groups in total. The Morgan fingerprint density at radius 3 is 2.17 bits per heavy atom. The van der Waals surface area contributed by atoms with Crippen molar-refractivity contribution in [3.05, 3.63) is 47.5 Å². The van der Waals surface area contributed by atoms with Gasteiger partial charge in [-0.3, -0.25) is 0 Å². The second-order valence-corrected chi connectivity index (χ2v) is 4.66. The third-order valence-corrected chi connectivity index (χ3v) is 3.22. The summed E-state index contributed by atoms with van der Waals surface area (Å²) in [5.74, 6) is 0.601. The van der Waals surface area contributed by atoms with Crippen molar-refractivity contribution in [1.29, 1.82) is 0 Å². The number of ether oxygens (including phenoxy) is 4. The predicted octanol–water partition coefficient (Wildman–Crippen LogP) is 2.99. The van der Waals surface area contributed by atoms with Crippen molar-refractivity contribution in [2.75, 3.05) is 21.3 Å². The number of aromatic carboxylic acids is 1. The summed E-state index contributed by atoms with van der Waals surface area (Å²) in [6, 6.07) is 10.2. The summed E-state index contributed by atoms with van der Waals surface area (Å²) in [7, 11) is 4.48. The molecule has 0 aliphatic rings. The first-order valence-electron chi connectivity index (χ1n) is 6.84. The van der Waals surface area contributed by atoms with Crippen LogP contribution in [0, 0.1) is 0 Å². The minimum absolute atomic E-state index is 0.0624. The van der Waals surface area contributed by atoms with Crippen LogP contribution in [0.15, 0.2) is 36.4 Å². The molecule has 2 rings (SSSR count). The third kappa shape index (κ3) is 3.85. The standard InChI is InChI=1S/C17H18O6/c1-20-13-6-4-5-11(7-13)10-23-16-14(21-2)8-12(17(18)19)9-15(16)22-3/h4-9H,10H2,1-3H3,(H,18,19). The molecule has 0 radical (unpaired) electrons. The normalized spacial score (nSPS) is 10.0. The van der Waals surface area contributed by atoms with Crippen molar-refractivity contribution in [2.24, 2.45) is 0 Å². The van der Waals surface area contributed by atoms with Crippen LogP contribution in [-0.4, -0.2) is 32.4 Å². The van der Waals surface area contributed by atoms with E-state index in [1.54, 1.807) is 7.11 Å². The van der Waals surface area contributed by atoms with Crippen molar-refractivity contribution >= 4 is 5.97 Å². The molecule has 6 heteroatoms. The molecule has 0 fully saturated rings. The maximum Gasteiger partial charge on any atom is 0.335 e. The lowest BCUT2D eigenvalue weighted by atomic mass is 10.2. The van der Waals surface area contributed by atoms with E-state index >= 15 is 0 Å². The Morgan fingerprint density at radius 2 is 1.65 bits per heavy atom. The molecule has 0 heterocycles. The van der Waals surface area contributed by atoms with E-state index in [4.69, 9.17) is 24.1 Å². The molecule has 0 amide bonds. The second kappa shape index (κ2) is 7.40. The van der Waals surface area contributed by atoms with Crippen molar-refractivity contribution < 1.29 is 28.8 Å². The minimum atomic E-state index is -1.07. The first-order chi connectivity index (χ1) is 11.1. The van der Waals surface area contributed by atoms with Gasteiger partial charge in [0, 0.05) is 0 Å². The topological polar surface area (TPSA) is 74.2 Å². The highest BCUT2D eigenvalue weighted by Crippen LogP contribution is 2.39. The van der Waals surface area contributed by atoms with E-state index in [1.165, 1.54) is 26.4 Å². The highest BCUT2D eigenvalue weighted by Gasteiger charge is 2.17. The lowest BCUT2D eigenvalue weighted by Crippen LogP contribution is -2.03. The van der Waals surface area contributed by atoms with Gasteiger partial charge in [0.25, 0.3) is 0 Å². The lowest BCUT2D eigenvalue weighted by Gasteiger charge is -2.15. The average Bonchev–Trinajstić information content (AvgIpc) is 2.59. The Bertz CT molecular complexity index is 670. The summed E-state index contributed by atoms with van der Waals surface area (Å²) >= 11 is 0. The molecule has 0 bridgehead atoms.